The number of rotatable bonds is 10. The summed E-state index contributed by atoms with van der Waals surface area (Å²) in [4.78, 5) is 64.0. The fraction of sp³-hybridized carbons (Fsp3) is 0.577. The number of ether oxygens (including phenoxy) is 1. The molecule has 37 heavy (non-hydrogen) atoms. The number of nitrogens with zero attached hydrogens (tertiary/aromatic N) is 1. The van der Waals surface area contributed by atoms with Crippen LogP contribution in [0.15, 0.2) is 30.3 Å². The molecule has 0 saturated carbocycles. The van der Waals surface area contributed by atoms with E-state index in [9.17, 15) is 29.1 Å². The third-order valence-electron chi connectivity index (χ3n) is 5.64. The predicted octanol–water partition coefficient (Wildman–Crippen LogP) is 1.98. The van der Waals surface area contributed by atoms with Crippen molar-refractivity contribution in [3.8, 4) is 0 Å². The second-order valence-electron chi connectivity index (χ2n) is 10.5. The minimum absolute atomic E-state index is 0.0564. The summed E-state index contributed by atoms with van der Waals surface area (Å²) in [6.45, 7) is 8.71. The highest BCUT2D eigenvalue weighted by atomic mass is 16.6. The van der Waals surface area contributed by atoms with Gasteiger partial charge in [-0.2, -0.15) is 0 Å². The summed E-state index contributed by atoms with van der Waals surface area (Å²) in [5, 5.41) is 16.8. The molecule has 4 N–H and O–H groups in total. The van der Waals surface area contributed by atoms with Crippen LogP contribution in [-0.2, 0) is 23.9 Å². The number of hydrogen-bond acceptors (Lipinski definition) is 6. The van der Waals surface area contributed by atoms with Crippen LogP contribution in [0.25, 0.3) is 0 Å². The van der Waals surface area contributed by atoms with E-state index < -0.39 is 60.1 Å². The van der Waals surface area contributed by atoms with E-state index in [0.717, 1.165) is 0 Å². The topological polar surface area (TPSA) is 154 Å². The van der Waals surface area contributed by atoms with Crippen molar-refractivity contribution in [2.45, 2.75) is 77.6 Å². The van der Waals surface area contributed by atoms with Gasteiger partial charge in [-0.05, 0) is 51.5 Å². The van der Waals surface area contributed by atoms with Crippen LogP contribution >= 0.6 is 0 Å². The maximum absolute atomic E-state index is 13.6. The SMILES string of the molecule is CC(C)C[C@@H](NC(=O)CNC(=O)[C@@H]1CCCN1C(=O)[C@H](NC(=O)OC(C)(C)C)c1ccccc1)C(=O)O. The Kier molecular flexibility index (Phi) is 10.5. The van der Waals surface area contributed by atoms with Gasteiger partial charge in [0.05, 0.1) is 6.54 Å². The molecule has 3 atom stereocenters. The van der Waals surface area contributed by atoms with Gasteiger partial charge in [0.1, 0.15) is 23.7 Å². The normalized spacial score (nSPS) is 17.0. The first-order valence-corrected chi connectivity index (χ1v) is 12.4. The van der Waals surface area contributed by atoms with Gasteiger partial charge in [-0.25, -0.2) is 9.59 Å². The molecule has 1 heterocycles. The van der Waals surface area contributed by atoms with Gasteiger partial charge < -0.3 is 30.7 Å². The molecule has 2 rings (SSSR count). The summed E-state index contributed by atoms with van der Waals surface area (Å²) in [6, 6.07) is 5.70. The van der Waals surface area contributed by atoms with Crippen molar-refractivity contribution in [1.82, 2.24) is 20.9 Å². The van der Waals surface area contributed by atoms with Crippen LogP contribution in [0.2, 0.25) is 0 Å². The summed E-state index contributed by atoms with van der Waals surface area (Å²) in [6.07, 6.45) is 0.448. The molecule has 0 unspecified atom stereocenters. The van der Waals surface area contributed by atoms with E-state index >= 15 is 0 Å². The molecule has 4 amide bonds. The molecule has 1 aliphatic heterocycles. The molecular weight excluding hydrogens is 480 g/mol. The number of aliphatic carboxylic acids is 1. The third kappa shape index (κ3) is 9.40. The summed E-state index contributed by atoms with van der Waals surface area (Å²) in [5.41, 5.74) is -0.228. The Morgan fingerprint density at radius 3 is 2.30 bits per heavy atom. The van der Waals surface area contributed by atoms with Crippen molar-refractivity contribution in [2.75, 3.05) is 13.1 Å². The van der Waals surface area contributed by atoms with Crippen molar-refractivity contribution >= 4 is 29.8 Å². The molecule has 0 radical (unpaired) electrons. The van der Waals surface area contributed by atoms with Crippen LogP contribution in [0.1, 0.15) is 65.5 Å². The molecule has 0 spiro atoms. The number of nitrogens with one attached hydrogen (secondary N) is 3. The monoisotopic (exact) mass is 518 g/mol. The molecule has 1 fully saturated rings. The maximum atomic E-state index is 13.6. The Morgan fingerprint density at radius 2 is 1.73 bits per heavy atom. The molecule has 1 aromatic carbocycles. The number of carboxylic acid groups (broad SMARTS) is 1. The molecule has 204 valence electrons. The van der Waals surface area contributed by atoms with Gasteiger partial charge in [-0.15, -0.1) is 0 Å². The Bertz CT molecular complexity index is 975. The highest BCUT2D eigenvalue weighted by molar-refractivity contribution is 5.94. The van der Waals surface area contributed by atoms with E-state index in [4.69, 9.17) is 4.74 Å². The number of benzene rings is 1. The summed E-state index contributed by atoms with van der Waals surface area (Å²) < 4.78 is 5.33. The quantitative estimate of drug-likeness (QED) is 0.369. The largest absolute Gasteiger partial charge is 0.480 e. The zero-order chi connectivity index (χ0) is 27.8. The van der Waals surface area contributed by atoms with E-state index in [-0.39, 0.29) is 12.3 Å². The first-order chi connectivity index (χ1) is 17.3. The zero-order valence-corrected chi connectivity index (χ0v) is 22.1. The van der Waals surface area contributed by atoms with E-state index in [1.165, 1.54) is 4.90 Å². The lowest BCUT2D eigenvalue weighted by atomic mass is 10.0. The second kappa shape index (κ2) is 13.1. The Hall–Kier alpha value is -3.63. The zero-order valence-electron chi connectivity index (χ0n) is 22.1. The number of amides is 4. The molecule has 0 bridgehead atoms. The maximum Gasteiger partial charge on any atom is 0.408 e. The fourth-order valence-corrected chi connectivity index (χ4v) is 4.05. The average Bonchev–Trinajstić information content (AvgIpc) is 3.29. The molecule has 0 aromatic heterocycles. The Labute approximate surface area is 217 Å². The van der Waals surface area contributed by atoms with Crippen LogP contribution in [0.5, 0.6) is 0 Å². The van der Waals surface area contributed by atoms with E-state index in [2.05, 4.69) is 16.0 Å². The molecule has 11 heteroatoms. The predicted molar refractivity (Wildman–Crippen MR) is 135 cm³/mol. The van der Waals surface area contributed by atoms with Gasteiger partial charge >= 0.3 is 12.1 Å². The van der Waals surface area contributed by atoms with Crippen molar-refractivity contribution in [1.29, 1.82) is 0 Å². The third-order valence-corrected chi connectivity index (χ3v) is 5.64. The van der Waals surface area contributed by atoms with Crippen molar-refractivity contribution in [3.63, 3.8) is 0 Å². The lowest BCUT2D eigenvalue weighted by Gasteiger charge is -2.29. The van der Waals surface area contributed by atoms with Crippen LogP contribution in [-0.4, -0.2) is 70.6 Å². The van der Waals surface area contributed by atoms with Gasteiger partial charge in [-0.3, -0.25) is 14.4 Å². The van der Waals surface area contributed by atoms with E-state index in [1.54, 1.807) is 51.1 Å². The molecular formula is C26H38N4O7. The van der Waals surface area contributed by atoms with Gasteiger partial charge in [0.15, 0.2) is 0 Å². The van der Waals surface area contributed by atoms with Crippen molar-refractivity contribution < 1.29 is 33.8 Å². The van der Waals surface area contributed by atoms with Crippen molar-refractivity contribution in [2.24, 2.45) is 5.92 Å². The number of likely N-dealkylation sites (tertiary alicyclic amines) is 1. The lowest BCUT2D eigenvalue weighted by molar-refractivity contribution is -0.142. The number of alkyl carbamates (subject to hydrolysis) is 1. The first-order valence-electron chi connectivity index (χ1n) is 12.4. The summed E-state index contributed by atoms with van der Waals surface area (Å²) >= 11 is 0. The molecule has 0 aliphatic carbocycles. The van der Waals surface area contributed by atoms with Crippen LogP contribution in [0, 0.1) is 5.92 Å². The first kappa shape index (κ1) is 29.6. The second-order valence-corrected chi connectivity index (χ2v) is 10.5. The van der Waals surface area contributed by atoms with Crippen LogP contribution < -0.4 is 16.0 Å². The van der Waals surface area contributed by atoms with Crippen LogP contribution in [0.3, 0.4) is 0 Å². The number of carbonyl (C=O) groups excluding carboxylic acids is 4. The summed E-state index contributed by atoms with van der Waals surface area (Å²) in [7, 11) is 0. The molecule has 1 aromatic rings. The van der Waals surface area contributed by atoms with E-state index in [0.29, 0.717) is 24.9 Å². The fourth-order valence-electron chi connectivity index (χ4n) is 4.05. The molecule has 1 aliphatic rings. The number of hydrogen-bond donors (Lipinski definition) is 4. The van der Waals surface area contributed by atoms with E-state index in [1.807, 2.05) is 13.8 Å². The Balaban J connectivity index is 2.08. The average molecular weight is 519 g/mol. The number of carbonyl (C=O) groups is 5. The molecule has 1 saturated heterocycles. The smallest absolute Gasteiger partial charge is 0.408 e. The highest BCUT2D eigenvalue weighted by Gasteiger charge is 2.39. The molecule has 11 nitrogen and oxygen atoms in total. The minimum atomic E-state index is -1.15. The van der Waals surface area contributed by atoms with Gasteiger partial charge in [0.2, 0.25) is 11.8 Å². The summed E-state index contributed by atoms with van der Waals surface area (Å²) in [5.74, 6) is -2.72. The van der Waals surface area contributed by atoms with Crippen molar-refractivity contribution in [3.05, 3.63) is 35.9 Å². The minimum Gasteiger partial charge on any atom is -0.480 e. The Morgan fingerprint density at radius 1 is 1.08 bits per heavy atom. The van der Waals surface area contributed by atoms with Gasteiger partial charge in [0.25, 0.3) is 5.91 Å². The highest BCUT2D eigenvalue weighted by Crippen LogP contribution is 2.24. The number of carboxylic acids is 1. The lowest BCUT2D eigenvalue weighted by Crippen LogP contribution is -2.52. The standard InChI is InChI=1S/C26H38N4O7/c1-16(2)14-18(24(34)35)28-20(31)15-27-22(32)19-12-9-13-30(19)23(33)21(17-10-7-6-8-11-17)29-25(36)37-26(3,4)5/h6-8,10-11,16,18-19,21H,9,12-15H2,1-5H3,(H,27,32)(H,28,31)(H,29,36)(H,34,35)/t18-,19+,21-/m1/s1. The van der Waals surface area contributed by atoms with Crippen LogP contribution in [0.4, 0.5) is 4.79 Å². The van der Waals surface area contributed by atoms with Gasteiger partial charge in [-0.1, -0.05) is 44.2 Å². The van der Waals surface area contributed by atoms with Gasteiger partial charge in [0, 0.05) is 6.54 Å².